The van der Waals surface area contributed by atoms with Gasteiger partial charge in [0.25, 0.3) is 21.7 Å². The molecule has 162 valence electrons. The number of nitrogens with one attached hydrogen (secondary N) is 2. The van der Waals surface area contributed by atoms with E-state index in [0.29, 0.717) is 6.26 Å². The highest BCUT2D eigenvalue weighted by molar-refractivity contribution is 7.86. The second-order valence-corrected chi connectivity index (χ2v) is 7.47. The molecule has 0 radical (unpaired) electrons. The third kappa shape index (κ3) is 7.24. The summed E-state index contributed by atoms with van der Waals surface area (Å²) in [6.07, 6.45) is -1.66. The van der Waals surface area contributed by atoms with Gasteiger partial charge >= 0.3 is 5.69 Å². The molecule has 0 aliphatic heterocycles. The van der Waals surface area contributed by atoms with Gasteiger partial charge in [0, 0.05) is 32.2 Å². The standard InChI is InChI=1S/C15H22N4O9S/c1-3-16-11-5-6-12(18(22)23)10(14(11)19(24)25)9-13(28-29(2,26)27)15(21)17-7-4-8-20/h5-6,13,16,20H,3-4,7-9H2,1-2H3,(H,17,21). The summed E-state index contributed by atoms with van der Waals surface area (Å²) in [5, 5.41) is 36.8. The van der Waals surface area contributed by atoms with Crippen molar-refractivity contribution in [1.29, 1.82) is 0 Å². The molecule has 1 atom stereocenters. The van der Waals surface area contributed by atoms with Crippen LogP contribution in [0, 0.1) is 20.2 Å². The van der Waals surface area contributed by atoms with Crippen LogP contribution in [0.5, 0.6) is 0 Å². The SMILES string of the molecule is CCNc1ccc([N+](=O)[O-])c(CC(OS(C)(=O)=O)C(=O)NCCCO)c1[N+](=O)[O-]. The molecule has 1 unspecified atom stereocenters. The Morgan fingerprint density at radius 1 is 1.28 bits per heavy atom. The number of nitrogens with zero attached hydrogens (tertiary/aromatic N) is 2. The Morgan fingerprint density at radius 3 is 2.41 bits per heavy atom. The summed E-state index contributed by atoms with van der Waals surface area (Å²) in [5.74, 6) is -0.943. The zero-order chi connectivity index (χ0) is 22.2. The van der Waals surface area contributed by atoms with E-state index >= 15 is 0 Å². The fourth-order valence-electron chi connectivity index (χ4n) is 2.51. The molecule has 0 aliphatic rings. The molecule has 0 heterocycles. The lowest BCUT2D eigenvalue weighted by Crippen LogP contribution is -2.40. The van der Waals surface area contributed by atoms with Gasteiger partial charge in [0.15, 0.2) is 6.10 Å². The number of carbonyl (C=O) groups excluding carboxylic acids is 1. The molecule has 0 saturated carbocycles. The number of anilines is 1. The highest BCUT2D eigenvalue weighted by Gasteiger charge is 2.34. The molecular formula is C15H22N4O9S. The summed E-state index contributed by atoms with van der Waals surface area (Å²) in [6.45, 7) is 1.69. The topological polar surface area (TPSA) is 191 Å². The predicted octanol–water partition coefficient (Wildman–Crippen LogP) is 0.321. The third-order valence-electron chi connectivity index (χ3n) is 3.61. The van der Waals surface area contributed by atoms with Crippen LogP contribution in [0.1, 0.15) is 18.9 Å². The number of rotatable bonds is 12. The molecule has 0 fully saturated rings. The molecule has 14 heteroatoms. The molecular weight excluding hydrogens is 412 g/mol. The number of benzene rings is 1. The van der Waals surface area contributed by atoms with E-state index in [1.165, 1.54) is 0 Å². The first-order valence-electron chi connectivity index (χ1n) is 8.47. The first-order valence-corrected chi connectivity index (χ1v) is 10.3. The van der Waals surface area contributed by atoms with Gasteiger partial charge in [0.1, 0.15) is 11.3 Å². The molecule has 1 aromatic rings. The van der Waals surface area contributed by atoms with E-state index in [0.717, 1.165) is 12.1 Å². The van der Waals surface area contributed by atoms with E-state index < -0.39 is 55.3 Å². The molecule has 1 amide bonds. The number of hydrogen-bond donors (Lipinski definition) is 3. The zero-order valence-electron chi connectivity index (χ0n) is 15.8. The van der Waals surface area contributed by atoms with Gasteiger partial charge in [-0.05, 0) is 19.4 Å². The Kier molecular flexibility index (Phi) is 8.87. The van der Waals surface area contributed by atoms with Gasteiger partial charge in [-0.2, -0.15) is 8.42 Å². The van der Waals surface area contributed by atoms with Gasteiger partial charge < -0.3 is 15.7 Å². The number of aliphatic hydroxyl groups excluding tert-OH is 1. The van der Waals surface area contributed by atoms with Crippen LogP contribution in [0.3, 0.4) is 0 Å². The average molecular weight is 434 g/mol. The van der Waals surface area contributed by atoms with E-state index in [4.69, 9.17) is 9.29 Å². The summed E-state index contributed by atoms with van der Waals surface area (Å²) in [7, 11) is -4.17. The summed E-state index contributed by atoms with van der Waals surface area (Å²) in [4.78, 5) is 33.6. The second-order valence-electron chi connectivity index (χ2n) is 5.87. The smallest absolute Gasteiger partial charge is 0.302 e. The van der Waals surface area contributed by atoms with Gasteiger partial charge in [-0.1, -0.05) is 0 Å². The van der Waals surface area contributed by atoms with E-state index in [2.05, 4.69) is 10.6 Å². The van der Waals surface area contributed by atoms with Crippen molar-refractivity contribution < 1.29 is 32.3 Å². The Hall–Kier alpha value is -2.84. The van der Waals surface area contributed by atoms with Gasteiger partial charge in [0.2, 0.25) is 0 Å². The summed E-state index contributed by atoms with van der Waals surface area (Å²) >= 11 is 0. The molecule has 1 rings (SSSR count). The largest absolute Gasteiger partial charge is 0.396 e. The minimum absolute atomic E-state index is 0.0133. The third-order valence-corrected chi connectivity index (χ3v) is 4.19. The van der Waals surface area contributed by atoms with E-state index in [-0.39, 0.29) is 31.8 Å². The highest BCUT2D eigenvalue weighted by Crippen LogP contribution is 2.36. The van der Waals surface area contributed by atoms with E-state index in [1.54, 1.807) is 6.92 Å². The van der Waals surface area contributed by atoms with Crippen LogP contribution in [-0.4, -0.2) is 61.3 Å². The van der Waals surface area contributed by atoms with E-state index in [1.807, 2.05) is 0 Å². The number of hydrogen-bond acceptors (Lipinski definition) is 10. The number of nitro groups is 2. The number of aliphatic hydroxyl groups is 1. The lowest BCUT2D eigenvalue weighted by molar-refractivity contribution is -0.395. The van der Waals surface area contributed by atoms with Gasteiger partial charge in [-0.15, -0.1) is 0 Å². The monoisotopic (exact) mass is 434 g/mol. The summed E-state index contributed by atoms with van der Waals surface area (Å²) in [5.41, 5.74) is -1.77. The van der Waals surface area contributed by atoms with Gasteiger partial charge in [0.05, 0.1) is 16.1 Å². The molecule has 0 aliphatic carbocycles. The molecule has 0 spiro atoms. The Bertz CT molecular complexity index is 873. The van der Waals surface area contributed by atoms with Crippen molar-refractivity contribution in [3.05, 3.63) is 37.9 Å². The van der Waals surface area contributed by atoms with Crippen molar-refractivity contribution in [2.75, 3.05) is 31.3 Å². The molecule has 3 N–H and O–H groups in total. The maximum Gasteiger partial charge on any atom is 0.302 e. The molecule has 0 saturated heterocycles. The second kappa shape index (κ2) is 10.6. The molecule has 1 aromatic carbocycles. The van der Waals surface area contributed by atoms with Crippen LogP contribution in [0.15, 0.2) is 12.1 Å². The summed E-state index contributed by atoms with van der Waals surface area (Å²) in [6, 6.07) is 2.19. The first kappa shape index (κ1) is 24.2. The Balaban J connectivity index is 3.48. The minimum Gasteiger partial charge on any atom is -0.396 e. The van der Waals surface area contributed by atoms with Gasteiger partial charge in [-0.25, -0.2) is 0 Å². The van der Waals surface area contributed by atoms with Crippen LogP contribution in [0.25, 0.3) is 0 Å². The van der Waals surface area contributed by atoms with Crippen LogP contribution < -0.4 is 10.6 Å². The highest BCUT2D eigenvalue weighted by atomic mass is 32.2. The average Bonchev–Trinajstić information content (AvgIpc) is 2.60. The molecule has 29 heavy (non-hydrogen) atoms. The lowest BCUT2D eigenvalue weighted by atomic mass is 10.0. The predicted molar refractivity (Wildman–Crippen MR) is 102 cm³/mol. The zero-order valence-corrected chi connectivity index (χ0v) is 16.6. The van der Waals surface area contributed by atoms with Gasteiger partial charge in [-0.3, -0.25) is 29.2 Å². The summed E-state index contributed by atoms with van der Waals surface area (Å²) < 4.78 is 27.8. The fraction of sp³-hybridized carbons (Fsp3) is 0.533. The van der Waals surface area contributed by atoms with Crippen LogP contribution in [0.4, 0.5) is 17.1 Å². The molecule has 13 nitrogen and oxygen atoms in total. The maximum absolute atomic E-state index is 12.3. The van der Waals surface area contributed by atoms with Crippen molar-refractivity contribution in [3.8, 4) is 0 Å². The maximum atomic E-state index is 12.3. The fourth-order valence-corrected chi connectivity index (χ4v) is 3.09. The quantitative estimate of drug-likeness (QED) is 0.179. The lowest BCUT2D eigenvalue weighted by Gasteiger charge is -2.17. The van der Waals surface area contributed by atoms with Crippen LogP contribution >= 0.6 is 0 Å². The Labute approximate surface area is 166 Å². The molecule has 0 bridgehead atoms. The number of nitro benzene ring substituents is 2. The van der Waals surface area contributed by atoms with Crippen LogP contribution in [0.2, 0.25) is 0 Å². The number of amides is 1. The van der Waals surface area contributed by atoms with Crippen molar-refractivity contribution in [2.45, 2.75) is 25.9 Å². The Morgan fingerprint density at radius 2 is 1.93 bits per heavy atom. The van der Waals surface area contributed by atoms with E-state index in [9.17, 15) is 33.4 Å². The minimum atomic E-state index is -4.17. The van der Waals surface area contributed by atoms with Crippen molar-refractivity contribution in [1.82, 2.24) is 5.32 Å². The van der Waals surface area contributed by atoms with Crippen molar-refractivity contribution >= 4 is 33.1 Å². The molecule has 0 aromatic heterocycles. The van der Waals surface area contributed by atoms with Crippen molar-refractivity contribution in [3.63, 3.8) is 0 Å². The van der Waals surface area contributed by atoms with Crippen LogP contribution in [-0.2, 0) is 25.5 Å². The first-order chi connectivity index (χ1) is 13.5. The van der Waals surface area contributed by atoms with Crippen molar-refractivity contribution in [2.24, 2.45) is 0 Å². The number of carbonyl (C=O) groups is 1. The normalized spacial score (nSPS) is 12.2.